The van der Waals surface area contributed by atoms with Crippen LogP contribution in [0.3, 0.4) is 0 Å². The highest BCUT2D eigenvalue weighted by Gasteiger charge is 2.29. The lowest BCUT2D eigenvalue weighted by molar-refractivity contribution is 0.312. The molecule has 1 unspecified atom stereocenters. The van der Waals surface area contributed by atoms with Crippen molar-refractivity contribution in [2.75, 3.05) is 20.1 Å². The molecule has 1 aromatic carbocycles. The lowest BCUT2D eigenvalue weighted by atomic mass is 9.78. The molecule has 0 fully saturated rings. The van der Waals surface area contributed by atoms with Crippen LogP contribution in [0, 0.1) is 6.92 Å². The maximum atomic E-state index is 10.2. The lowest BCUT2D eigenvalue weighted by Crippen LogP contribution is -2.25. The van der Waals surface area contributed by atoms with E-state index in [2.05, 4.69) is 18.0 Å². The summed E-state index contributed by atoms with van der Waals surface area (Å²) in [6, 6.07) is 2.21. The summed E-state index contributed by atoms with van der Waals surface area (Å²) in [6.07, 6.45) is 4.71. The predicted octanol–water partition coefficient (Wildman–Crippen LogP) is 3.03. The zero-order valence-electron chi connectivity index (χ0n) is 11.2. The molecule has 1 aliphatic carbocycles. The number of phenolic OH excluding ortho intramolecular Hbond substituents is 1. The first-order valence-electron chi connectivity index (χ1n) is 6.69. The smallest absolute Gasteiger partial charge is 0.121 e. The number of phenols is 1. The molecule has 3 heteroatoms. The SMILES string of the molecule is Cc1cc2c3c(c1O)CCCC3CN(C)CC2.Cl. The second-order valence-electron chi connectivity index (χ2n) is 5.69. The number of hydrogen-bond donors (Lipinski definition) is 1. The Morgan fingerprint density at radius 1 is 1.33 bits per heavy atom. The van der Waals surface area contributed by atoms with Gasteiger partial charge < -0.3 is 10.0 Å². The molecule has 0 bridgehead atoms. The minimum atomic E-state index is 0. The number of nitrogens with zero attached hydrogens (tertiary/aromatic N) is 1. The largest absolute Gasteiger partial charge is 0.507 e. The van der Waals surface area contributed by atoms with Crippen LogP contribution in [-0.4, -0.2) is 30.1 Å². The number of aromatic hydroxyl groups is 1. The third-order valence-electron chi connectivity index (χ3n) is 4.40. The van der Waals surface area contributed by atoms with E-state index < -0.39 is 0 Å². The standard InChI is InChI=1S/C15H21NO.ClH/c1-10-8-11-6-7-16(2)9-12-4-3-5-13(14(11)12)15(10)17;/h8,12,17H,3-7,9H2,1-2H3;1H. The fourth-order valence-corrected chi connectivity index (χ4v) is 3.57. The molecule has 0 saturated heterocycles. The van der Waals surface area contributed by atoms with Crippen molar-refractivity contribution in [1.29, 1.82) is 0 Å². The van der Waals surface area contributed by atoms with E-state index in [9.17, 15) is 5.11 Å². The third kappa shape index (κ3) is 2.12. The van der Waals surface area contributed by atoms with Crippen molar-refractivity contribution in [2.24, 2.45) is 0 Å². The summed E-state index contributed by atoms with van der Waals surface area (Å²) in [5, 5.41) is 10.2. The van der Waals surface area contributed by atoms with Gasteiger partial charge in [-0.1, -0.05) is 6.07 Å². The molecule has 1 aromatic rings. The Morgan fingerprint density at radius 3 is 2.89 bits per heavy atom. The fraction of sp³-hybridized carbons (Fsp3) is 0.600. The Hall–Kier alpha value is -0.730. The Balaban J connectivity index is 0.00000120. The Kier molecular flexibility index (Phi) is 3.88. The predicted molar refractivity (Wildman–Crippen MR) is 77.0 cm³/mol. The number of halogens is 1. The summed E-state index contributed by atoms with van der Waals surface area (Å²) in [4.78, 5) is 2.44. The molecule has 3 rings (SSSR count). The average Bonchev–Trinajstić information content (AvgIpc) is 2.47. The van der Waals surface area contributed by atoms with Crippen molar-refractivity contribution in [1.82, 2.24) is 4.90 Å². The first-order chi connectivity index (χ1) is 8.16. The molecule has 0 spiro atoms. The van der Waals surface area contributed by atoms with Crippen molar-refractivity contribution < 1.29 is 5.11 Å². The van der Waals surface area contributed by atoms with Crippen molar-refractivity contribution in [3.63, 3.8) is 0 Å². The topological polar surface area (TPSA) is 23.5 Å². The van der Waals surface area contributed by atoms with Gasteiger partial charge in [-0.2, -0.15) is 0 Å². The molecular formula is C15H22ClNO. The average molecular weight is 268 g/mol. The first-order valence-corrected chi connectivity index (χ1v) is 6.69. The number of hydrogen-bond acceptors (Lipinski definition) is 2. The van der Waals surface area contributed by atoms with E-state index >= 15 is 0 Å². The van der Waals surface area contributed by atoms with Crippen LogP contribution in [0.1, 0.15) is 41.0 Å². The van der Waals surface area contributed by atoms with Crippen LogP contribution >= 0.6 is 12.4 Å². The molecule has 100 valence electrons. The van der Waals surface area contributed by atoms with Gasteiger partial charge in [0.15, 0.2) is 0 Å². The molecule has 1 N–H and O–H groups in total. The summed E-state index contributed by atoms with van der Waals surface area (Å²) in [5.74, 6) is 1.21. The molecule has 0 aromatic heterocycles. The Morgan fingerprint density at radius 2 is 2.11 bits per heavy atom. The van der Waals surface area contributed by atoms with Gasteiger partial charge in [0, 0.05) is 13.1 Å². The highest BCUT2D eigenvalue weighted by Crippen LogP contribution is 2.41. The first kappa shape index (κ1) is 13.7. The highest BCUT2D eigenvalue weighted by molar-refractivity contribution is 5.85. The van der Waals surface area contributed by atoms with Gasteiger partial charge in [0.25, 0.3) is 0 Å². The molecule has 1 aliphatic heterocycles. The molecule has 18 heavy (non-hydrogen) atoms. The fourth-order valence-electron chi connectivity index (χ4n) is 3.57. The van der Waals surface area contributed by atoms with Crippen LogP contribution in [-0.2, 0) is 12.8 Å². The zero-order valence-corrected chi connectivity index (χ0v) is 12.0. The molecule has 2 aliphatic rings. The number of rotatable bonds is 0. The van der Waals surface area contributed by atoms with Crippen molar-refractivity contribution in [3.8, 4) is 5.75 Å². The van der Waals surface area contributed by atoms with Crippen molar-refractivity contribution >= 4 is 12.4 Å². The summed E-state index contributed by atoms with van der Waals surface area (Å²) < 4.78 is 0. The normalized spacial score (nSPS) is 22.9. The molecule has 1 heterocycles. The summed E-state index contributed by atoms with van der Waals surface area (Å²) >= 11 is 0. The van der Waals surface area contributed by atoms with Gasteiger partial charge in [-0.05, 0) is 67.8 Å². The van der Waals surface area contributed by atoms with E-state index in [1.54, 1.807) is 0 Å². The lowest BCUT2D eigenvalue weighted by Gasteiger charge is -2.29. The van der Waals surface area contributed by atoms with Crippen molar-refractivity contribution in [3.05, 3.63) is 28.3 Å². The quantitative estimate of drug-likeness (QED) is 0.781. The van der Waals surface area contributed by atoms with Gasteiger partial charge in [0.2, 0.25) is 0 Å². The second kappa shape index (κ2) is 5.10. The second-order valence-corrected chi connectivity index (χ2v) is 5.69. The van der Waals surface area contributed by atoms with Crippen LogP contribution < -0.4 is 0 Å². The van der Waals surface area contributed by atoms with Crippen LogP contribution in [0.15, 0.2) is 6.07 Å². The van der Waals surface area contributed by atoms with Gasteiger partial charge in [-0.15, -0.1) is 12.4 Å². The number of aryl methyl sites for hydroxylation is 1. The van der Waals surface area contributed by atoms with E-state index in [-0.39, 0.29) is 12.4 Å². The van der Waals surface area contributed by atoms with Crippen LogP contribution in [0.25, 0.3) is 0 Å². The van der Waals surface area contributed by atoms with E-state index in [0.29, 0.717) is 11.7 Å². The third-order valence-corrected chi connectivity index (χ3v) is 4.40. The van der Waals surface area contributed by atoms with Gasteiger partial charge in [-0.3, -0.25) is 0 Å². The number of benzene rings is 1. The Bertz CT molecular complexity index is 458. The summed E-state index contributed by atoms with van der Waals surface area (Å²) in [5.41, 5.74) is 5.29. The summed E-state index contributed by atoms with van der Waals surface area (Å²) in [6.45, 7) is 4.33. The highest BCUT2D eigenvalue weighted by atomic mass is 35.5. The Labute approximate surface area is 115 Å². The van der Waals surface area contributed by atoms with E-state index in [1.165, 1.54) is 29.5 Å². The summed E-state index contributed by atoms with van der Waals surface area (Å²) in [7, 11) is 2.22. The maximum Gasteiger partial charge on any atom is 0.121 e. The molecule has 0 amide bonds. The minimum absolute atomic E-state index is 0. The van der Waals surface area contributed by atoms with E-state index in [4.69, 9.17) is 0 Å². The molecular weight excluding hydrogens is 246 g/mol. The van der Waals surface area contributed by atoms with Crippen LogP contribution in [0.4, 0.5) is 0 Å². The van der Waals surface area contributed by atoms with Gasteiger partial charge in [-0.25, -0.2) is 0 Å². The van der Waals surface area contributed by atoms with Crippen LogP contribution in [0.5, 0.6) is 5.75 Å². The zero-order chi connectivity index (χ0) is 12.0. The maximum absolute atomic E-state index is 10.2. The monoisotopic (exact) mass is 267 g/mol. The van der Waals surface area contributed by atoms with Gasteiger partial charge >= 0.3 is 0 Å². The molecule has 0 radical (unpaired) electrons. The molecule has 0 saturated carbocycles. The van der Waals surface area contributed by atoms with E-state index in [0.717, 1.165) is 31.5 Å². The van der Waals surface area contributed by atoms with E-state index in [1.807, 2.05) is 6.92 Å². The van der Waals surface area contributed by atoms with Crippen molar-refractivity contribution in [2.45, 2.75) is 38.5 Å². The van der Waals surface area contributed by atoms with Gasteiger partial charge in [0.1, 0.15) is 5.75 Å². The molecule has 2 nitrogen and oxygen atoms in total. The van der Waals surface area contributed by atoms with Gasteiger partial charge in [0.05, 0.1) is 0 Å². The minimum Gasteiger partial charge on any atom is -0.507 e. The number of likely N-dealkylation sites (N-methyl/N-ethyl adjacent to an activating group) is 1. The van der Waals surface area contributed by atoms with Crippen LogP contribution in [0.2, 0.25) is 0 Å². The molecule has 1 atom stereocenters.